The molecule has 0 bridgehead atoms. The second-order valence-corrected chi connectivity index (χ2v) is 5.90. The minimum Gasteiger partial charge on any atom is -0.0845 e. The molecular formula is C14H26. The molecule has 0 aliphatic heterocycles. The summed E-state index contributed by atoms with van der Waals surface area (Å²) in [6.45, 7) is 11.7. The van der Waals surface area contributed by atoms with Gasteiger partial charge in [-0.15, -0.1) is 0 Å². The highest BCUT2D eigenvalue weighted by molar-refractivity contribution is 5.14. The van der Waals surface area contributed by atoms with Gasteiger partial charge >= 0.3 is 0 Å². The SMILES string of the molecule is CCC(C)C1CC=C(C(C)(C)C)CC1. The van der Waals surface area contributed by atoms with E-state index in [2.05, 4.69) is 40.7 Å². The molecule has 0 spiro atoms. The van der Waals surface area contributed by atoms with Crippen LogP contribution in [-0.2, 0) is 0 Å². The van der Waals surface area contributed by atoms with Crippen molar-refractivity contribution in [2.24, 2.45) is 17.3 Å². The molecule has 0 aromatic carbocycles. The van der Waals surface area contributed by atoms with Crippen LogP contribution in [0.3, 0.4) is 0 Å². The lowest BCUT2D eigenvalue weighted by molar-refractivity contribution is 0.303. The summed E-state index contributed by atoms with van der Waals surface area (Å²) < 4.78 is 0. The first-order valence-corrected chi connectivity index (χ1v) is 6.14. The van der Waals surface area contributed by atoms with Crippen LogP contribution in [0.2, 0.25) is 0 Å². The second-order valence-electron chi connectivity index (χ2n) is 5.90. The van der Waals surface area contributed by atoms with Gasteiger partial charge in [0, 0.05) is 0 Å². The first-order chi connectivity index (χ1) is 6.45. The summed E-state index contributed by atoms with van der Waals surface area (Å²) in [7, 11) is 0. The summed E-state index contributed by atoms with van der Waals surface area (Å²) in [5, 5.41) is 0. The fraction of sp³-hybridized carbons (Fsp3) is 0.857. The molecule has 1 aliphatic carbocycles. The highest BCUT2D eigenvalue weighted by Crippen LogP contribution is 2.38. The molecule has 0 heterocycles. The lowest BCUT2D eigenvalue weighted by Gasteiger charge is -2.32. The van der Waals surface area contributed by atoms with E-state index < -0.39 is 0 Å². The number of rotatable bonds is 2. The molecule has 0 heteroatoms. The van der Waals surface area contributed by atoms with E-state index >= 15 is 0 Å². The van der Waals surface area contributed by atoms with Gasteiger partial charge in [0.1, 0.15) is 0 Å². The standard InChI is InChI=1S/C14H26/c1-6-11(2)12-7-9-13(10-8-12)14(3,4)5/h9,11-12H,6-8,10H2,1-5H3. The molecule has 2 unspecified atom stereocenters. The third-order valence-corrected chi connectivity index (χ3v) is 3.86. The van der Waals surface area contributed by atoms with E-state index in [4.69, 9.17) is 0 Å². The molecule has 1 rings (SSSR count). The zero-order chi connectivity index (χ0) is 10.8. The average molecular weight is 194 g/mol. The minimum atomic E-state index is 0.403. The quantitative estimate of drug-likeness (QED) is 0.554. The van der Waals surface area contributed by atoms with Crippen molar-refractivity contribution in [2.45, 2.75) is 60.3 Å². The van der Waals surface area contributed by atoms with E-state index in [1.807, 2.05) is 0 Å². The molecule has 1 aliphatic rings. The van der Waals surface area contributed by atoms with Crippen LogP contribution in [0, 0.1) is 17.3 Å². The van der Waals surface area contributed by atoms with Crippen LogP contribution in [-0.4, -0.2) is 0 Å². The maximum atomic E-state index is 2.51. The van der Waals surface area contributed by atoms with Crippen LogP contribution >= 0.6 is 0 Å². The Kier molecular flexibility index (Phi) is 3.80. The van der Waals surface area contributed by atoms with E-state index in [9.17, 15) is 0 Å². The third-order valence-electron chi connectivity index (χ3n) is 3.86. The van der Waals surface area contributed by atoms with Gasteiger partial charge in [-0.05, 0) is 36.5 Å². The molecule has 0 fully saturated rings. The Bertz CT molecular complexity index is 205. The van der Waals surface area contributed by atoms with Crippen molar-refractivity contribution in [1.82, 2.24) is 0 Å². The predicted octanol–water partition coefficient (Wildman–Crippen LogP) is 4.81. The van der Waals surface area contributed by atoms with E-state index in [1.54, 1.807) is 5.57 Å². The summed E-state index contributed by atoms with van der Waals surface area (Å²) in [6, 6.07) is 0. The van der Waals surface area contributed by atoms with Crippen LogP contribution in [0.5, 0.6) is 0 Å². The second kappa shape index (κ2) is 4.51. The zero-order valence-corrected chi connectivity index (χ0v) is 10.6. The van der Waals surface area contributed by atoms with Gasteiger partial charge in [-0.3, -0.25) is 0 Å². The Hall–Kier alpha value is -0.260. The van der Waals surface area contributed by atoms with Crippen molar-refractivity contribution in [1.29, 1.82) is 0 Å². The Labute approximate surface area is 89.8 Å². The largest absolute Gasteiger partial charge is 0.0845 e. The Morgan fingerprint density at radius 2 is 2.07 bits per heavy atom. The van der Waals surface area contributed by atoms with E-state index in [0.717, 1.165) is 11.8 Å². The summed E-state index contributed by atoms with van der Waals surface area (Å²) in [4.78, 5) is 0. The van der Waals surface area contributed by atoms with E-state index in [1.165, 1.54) is 25.7 Å². The van der Waals surface area contributed by atoms with Crippen molar-refractivity contribution >= 4 is 0 Å². The van der Waals surface area contributed by atoms with Crippen molar-refractivity contribution < 1.29 is 0 Å². The summed E-state index contributed by atoms with van der Waals surface area (Å²) >= 11 is 0. The number of allylic oxidation sites excluding steroid dienone is 2. The predicted molar refractivity (Wildman–Crippen MR) is 64.3 cm³/mol. The molecule has 0 saturated carbocycles. The van der Waals surface area contributed by atoms with Crippen molar-refractivity contribution in [3.8, 4) is 0 Å². The fourth-order valence-electron chi connectivity index (χ4n) is 2.39. The molecule has 0 amide bonds. The molecule has 0 saturated heterocycles. The van der Waals surface area contributed by atoms with Gasteiger partial charge in [0.2, 0.25) is 0 Å². The topological polar surface area (TPSA) is 0 Å². The molecule has 0 aromatic rings. The van der Waals surface area contributed by atoms with Crippen molar-refractivity contribution in [3.05, 3.63) is 11.6 Å². The summed E-state index contributed by atoms with van der Waals surface area (Å²) in [6.07, 6.45) is 7.92. The van der Waals surface area contributed by atoms with Crippen molar-refractivity contribution in [3.63, 3.8) is 0 Å². The first-order valence-electron chi connectivity index (χ1n) is 6.14. The van der Waals surface area contributed by atoms with Crippen LogP contribution in [0.15, 0.2) is 11.6 Å². The molecule has 0 radical (unpaired) electrons. The maximum Gasteiger partial charge on any atom is -0.0173 e. The van der Waals surface area contributed by atoms with Crippen molar-refractivity contribution in [2.75, 3.05) is 0 Å². The molecular weight excluding hydrogens is 168 g/mol. The van der Waals surface area contributed by atoms with Crippen LogP contribution in [0.1, 0.15) is 60.3 Å². The molecule has 2 atom stereocenters. The highest BCUT2D eigenvalue weighted by Gasteiger charge is 2.24. The molecule has 0 aromatic heterocycles. The third kappa shape index (κ3) is 2.87. The molecule has 82 valence electrons. The van der Waals surface area contributed by atoms with Gasteiger partial charge in [-0.25, -0.2) is 0 Å². The fourth-order valence-corrected chi connectivity index (χ4v) is 2.39. The molecule has 14 heavy (non-hydrogen) atoms. The van der Waals surface area contributed by atoms with Gasteiger partial charge < -0.3 is 0 Å². The van der Waals surface area contributed by atoms with Crippen LogP contribution in [0.25, 0.3) is 0 Å². The van der Waals surface area contributed by atoms with Gasteiger partial charge in [0.25, 0.3) is 0 Å². The Morgan fingerprint density at radius 1 is 1.43 bits per heavy atom. The smallest absolute Gasteiger partial charge is 0.0173 e. The zero-order valence-electron chi connectivity index (χ0n) is 10.6. The lowest BCUT2D eigenvalue weighted by Crippen LogP contribution is -2.19. The average Bonchev–Trinajstić information content (AvgIpc) is 2.15. The van der Waals surface area contributed by atoms with Crippen LogP contribution < -0.4 is 0 Å². The number of hydrogen-bond acceptors (Lipinski definition) is 0. The monoisotopic (exact) mass is 194 g/mol. The Balaban J connectivity index is 2.56. The Morgan fingerprint density at radius 3 is 2.43 bits per heavy atom. The number of hydrogen-bond donors (Lipinski definition) is 0. The maximum absolute atomic E-state index is 2.51. The van der Waals surface area contributed by atoms with E-state index in [-0.39, 0.29) is 0 Å². The van der Waals surface area contributed by atoms with Gasteiger partial charge in [-0.2, -0.15) is 0 Å². The van der Waals surface area contributed by atoms with Gasteiger partial charge in [-0.1, -0.05) is 52.7 Å². The minimum absolute atomic E-state index is 0.403. The van der Waals surface area contributed by atoms with Gasteiger partial charge in [0.15, 0.2) is 0 Å². The normalized spacial score (nSPS) is 25.8. The lowest BCUT2D eigenvalue weighted by atomic mass is 9.74. The van der Waals surface area contributed by atoms with E-state index in [0.29, 0.717) is 5.41 Å². The first kappa shape index (κ1) is 11.8. The summed E-state index contributed by atoms with van der Waals surface area (Å²) in [5.74, 6) is 1.86. The molecule has 0 N–H and O–H groups in total. The highest BCUT2D eigenvalue weighted by atomic mass is 14.3. The summed E-state index contributed by atoms with van der Waals surface area (Å²) in [5.41, 5.74) is 2.08. The van der Waals surface area contributed by atoms with Gasteiger partial charge in [0.05, 0.1) is 0 Å². The van der Waals surface area contributed by atoms with Crippen LogP contribution in [0.4, 0.5) is 0 Å². The molecule has 0 nitrogen and oxygen atoms in total.